The number of methoxy groups -OCH3 is 1. The Kier molecular flexibility index (Phi) is 10.6. The molecule has 0 aliphatic heterocycles. The predicted molar refractivity (Wildman–Crippen MR) is 158 cm³/mol. The van der Waals surface area contributed by atoms with Crippen LogP contribution in [0.2, 0.25) is 5.02 Å². The second-order valence-electron chi connectivity index (χ2n) is 9.66. The van der Waals surface area contributed by atoms with Crippen molar-refractivity contribution in [3.63, 3.8) is 0 Å². The van der Waals surface area contributed by atoms with E-state index < -0.39 is 28.5 Å². The van der Waals surface area contributed by atoms with Crippen LogP contribution in [0.3, 0.4) is 0 Å². The van der Waals surface area contributed by atoms with Crippen LogP contribution in [0.4, 0.5) is 5.69 Å². The maximum atomic E-state index is 13.9. The number of carbonyl (C=O) groups is 2. The largest absolute Gasteiger partial charge is 0.497 e. The normalized spacial score (nSPS) is 12.8. The number of nitrogens with zero attached hydrogens (tertiary/aromatic N) is 2. The number of sulfonamides is 1. The van der Waals surface area contributed by atoms with E-state index in [1.807, 2.05) is 20.8 Å². The van der Waals surface area contributed by atoms with Crippen molar-refractivity contribution in [3.05, 3.63) is 88.9 Å². The number of halogens is 1. The van der Waals surface area contributed by atoms with Gasteiger partial charge in [-0.1, -0.05) is 48.4 Å². The molecule has 0 saturated heterocycles. The molecule has 0 unspecified atom stereocenters. The number of anilines is 1. The fraction of sp³-hybridized carbons (Fsp3) is 0.333. The molecule has 0 aliphatic carbocycles. The lowest BCUT2D eigenvalue weighted by atomic mass is 10.1. The Morgan fingerprint density at radius 3 is 2.10 bits per heavy atom. The van der Waals surface area contributed by atoms with Gasteiger partial charge in [-0.15, -0.1) is 0 Å². The third-order valence-corrected chi connectivity index (χ3v) is 8.72. The van der Waals surface area contributed by atoms with Crippen molar-refractivity contribution >= 4 is 39.1 Å². The summed E-state index contributed by atoms with van der Waals surface area (Å²) < 4.78 is 34.0. The van der Waals surface area contributed by atoms with Crippen LogP contribution < -0.4 is 14.4 Å². The minimum Gasteiger partial charge on any atom is -0.497 e. The molecule has 0 fully saturated rings. The number of carbonyl (C=O) groups excluding carboxylic acids is 2. The molecule has 0 spiro atoms. The van der Waals surface area contributed by atoms with E-state index in [2.05, 4.69) is 5.32 Å². The molecule has 214 valence electrons. The number of amides is 2. The standard InChI is InChI=1S/C30H36ClN3O5S/c1-6-22(3)32-30(36)23(4)33(19-24-9-15-27(39-5)16-10-24)29(35)20-34(26-13-11-25(31)12-14-26)40(37,38)28-17-7-21(2)8-18-28/h7-18,22-23H,6,19-20H2,1-5H3,(H,32,36)/t22-,23+/m1/s1. The monoisotopic (exact) mass is 585 g/mol. The summed E-state index contributed by atoms with van der Waals surface area (Å²) in [6.45, 7) is 6.92. The van der Waals surface area contributed by atoms with E-state index in [4.69, 9.17) is 16.3 Å². The van der Waals surface area contributed by atoms with Gasteiger partial charge in [-0.05, 0) is 81.3 Å². The van der Waals surface area contributed by atoms with E-state index in [9.17, 15) is 18.0 Å². The number of nitrogens with one attached hydrogen (secondary N) is 1. The molecule has 0 bridgehead atoms. The third kappa shape index (κ3) is 7.76. The zero-order chi connectivity index (χ0) is 29.4. The minimum atomic E-state index is -4.14. The van der Waals surface area contributed by atoms with Crippen LogP contribution in [0.1, 0.15) is 38.3 Å². The first-order valence-corrected chi connectivity index (χ1v) is 14.9. The topological polar surface area (TPSA) is 96.0 Å². The molecule has 0 aromatic heterocycles. The molecule has 0 radical (unpaired) electrons. The molecule has 3 aromatic carbocycles. The number of ether oxygens (including phenoxy) is 1. The Bertz CT molecular complexity index is 1390. The van der Waals surface area contributed by atoms with Gasteiger partial charge in [0.25, 0.3) is 10.0 Å². The quantitative estimate of drug-likeness (QED) is 0.316. The molecule has 8 nitrogen and oxygen atoms in total. The maximum absolute atomic E-state index is 13.9. The maximum Gasteiger partial charge on any atom is 0.264 e. The summed E-state index contributed by atoms with van der Waals surface area (Å²) in [6, 6.07) is 18.8. The van der Waals surface area contributed by atoms with E-state index in [0.29, 0.717) is 10.8 Å². The molecule has 0 heterocycles. The van der Waals surface area contributed by atoms with Gasteiger partial charge in [0.15, 0.2) is 0 Å². The van der Waals surface area contributed by atoms with Gasteiger partial charge in [0.1, 0.15) is 18.3 Å². The fourth-order valence-corrected chi connectivity index (χ4v) is 5.49. The Balaban J connectivity index is 2.01. The van der Waals surface area contributed by atoms with E-state index in [1.54, 1.807) is 74.7 Å². The van der Waals surface area contributed by atoms with Crippen LogP contribution in [0, 0.1) is 6.92 Å². The molecule has 40 heavy (non-hydrogen) atoms. The Morgan fingerprint density at radius 1 is 0.950 bits per heavy atom. The van der Waals surface area contributed by atoms with Crippen molar-refractivity contribution < 1.29 is 22.7 Å². The number of hydrogen-bond acceptors (Lipinski definition) is 5. The van der Waals surface area contributed by atoms with Crippen LogP contribution >= 0.6 is 11.6 Å². The van der Waals surface area contributed by atoms with E-state index >= 15 is 0 Å². The molecular weight excluding hydrogens is 550 g/mol. The van der Waals surface area contributed by atoms with Gasteiger partial charge in [0, 0.05) is 17.6 Å². The highest BCUT2D eigenvalue weighted by Gasteiger charge is 2.32. The average Bonchev–Trinajstić information content (AvgIpc) is 2.95. The predicted octanol–water partition coefficient (Wildman–Crippen LogP) is 5.18. The van der Waals surface area contributed by atoms with E-state index in [-0.39, 0.29) is 29.1 Å². The molecule has 10 heteroatoms. The highest BCUT2D eigenvalue weighted by Crippen LogP contribution is 2.26. The van der Waals surface area contributed by atoms with Crippen molar-refractivity contribution in [2.45, 2.75) is 57.6 Å². The molecule has 0 aliphatic rings. The molecule has 2 amide bonds. The zero-order valence-corrected chi connectivity index (χ0v) is 25.0. The lowest BCUT2D eigenvalue weighted by molar-refractivity contribution is -0.139. The summed E-state index contributed by atoms with van der Waals surface area (Å²) in [5.74, 6) is -0.203. The number of hydrogen-bond donors (Lipinski definition) is 1. The fourth-order valence-electron chi connectivity index (χ4n) is 3.95. The first kappa shape index (κ1) is 31.0. The molecule has 3 rings (SSSR count). The second-order valence-corrected chi connectivity index (χ2v) is 12.0. The van der Waals surface area contributed by atoms with Gasteiger partial charge in [-0.25, -0.2) is 8.42 Å². The average molecular weight is 586 g/mol. The summed E-state index contributed by atoms with van der Waals surface area (Å²) in [5.41, 5.74) is 1.94. The lowest BCUT2D eigenvalue weighted by Gasteiger charge is -2.32. The van der Waals surface area contributed by atoms with Crippen molar-refractivity contribution in [2.24, 2.45) is 0 Å². The summed E-state index contributed by atoms with van der Waals surface area (Å²) in [5, 5.41) is 3.35. The minimum absolute atomic E-state index is 0.0464. The smallest absolute Gasteiger partial charge is 0.264 e. The third-order valence-electron chi connectivity index (χ3n) is 6.68. The van der Waals surface area contributed by atoms with Crippen LogP contribution in [-0.2, 0) is 26.2 Å². The summed E-state index contributed by atoms with van der Waals surface area (Å²) in [4.78, 5) is 28.5. The molecule has 3 aromatic rings. The number of rotatable bonds is 12. The van der Waals surface area contributed by atoms with Crippen molar-refractivity contribution in [1.82, 2.24) is 10.2 Å². The van der Waals surface area contributed by atoms with Crippen molar-refractivity contribution in [3.8, 4) is 5.75 Å². The van der Waals surface area contributed by atoms with E-state index in [0.717, 1.165) is 21.9 Å². The summed E-state index contributed by atoms with van der Waals surface area (Å²) >= 11 is 6.07. The van der Waals surface area contributed by atoms with Gasteiger partial charge in [-0.2, -0.15) is 0 Å². The molecule has 2 atom stereocenters. The number of benzene rings is 3. The Morgan fingerprint density at radius 2 is 1.55 bits per heavy atom. The van der Waals surface area contributed by atoms with Gasteiger partial charge in [0.2, 0.25) is 11.8 Å². The molecule has 1 N–H and O–H groups in total. The Hall–Kier alpha value is -3.56. The van der Waals surface area contributed by atoms with Gasteiger partial charge >= 0.3 is 0 Å². The van der Waals surface area contributed by atoms with Crippen LogP contribution in [0.25, 0.3) is 0 Å². The second kappa shape index (κ2) is 13.7. The lowest BCUT2D eigenvalue weighted by Crippen LogP contribution is -2.52. The van der Waals surface area contributed by atoms with Gasteiger partial charge < -0.3 is 15.0 Å². The highest BCUT2D eigenvalue weighted by molar-refractivity contribution is 7.92. The number of aryl methyl sites for hydroxylation is 1. The van der Waals surface area contributed by atoms with E-state index in [1.165, 1.54) is 17.0 Å². The van der Waals surface area contributed by atoms with Gasteiger partial charge in [-0.3, -0.25) is 13.9 Å². The van der Waals surface area contributed by atoms with Crippen molar-refractivity contribution in [2.75, 3.05) is 18.0 Å². The first-order valence-electron chi connectivity index (χ1n) is 13.0. The summed E-state index contributed by atoms with van der Waals surface area (Å²) in [6.07, 6.45) is 0.726. The Labute approximate surface area is 241 Å². The molecule has 0 saturated carbocycles. The van der Waals surface area contributed by atoms with Crippen LogP contribution in [-0.4, -0.2) is 50.9 Å². The van der Waals surface area contributed by atoms with Crippen molar-refractivity contribution in [1.29, 1.82) is 0 Å². The summed E-state index contributed by atoms with van der Waals surface area (Å²) in [7, 11) is -2.58. The molecular formula is C30H36ClN3O5S. The highest BCUT2D eigenvalue weighted by atomic mass is 35.5. The first-order chi connectivity index (χ1) is 19.0. The zero-order valence-electron chi connectivity index (χ0n) is 23.4. The van der Waals surface area contributed by atoms with Gasteiger partial charge in [0.05, 0.1) is 17.7 Å². The van der Waals surface area contributed by atoms with Crippen LogP contribution in [0.15, 0.2) is 77.7 Å². The van der Waals surface area contributed by atoms with Crippen LogP contribution in [0.5, 0.6) is 5.75 Å². The SMILES string of the molecule is CC[C@@H](C)NC(=O)[C@H](C)N(Cc1ccc(OC)cc1)C(=O)CN(c1ccc(Cl)cc1)S(=O)(=O)c1ccc(C)cc1.